The third kappa shape index (κ3) is 5.78. The molecular weight excluding hydrogens is 572 g/mol. The predicted octanol–water partition coefficient (Wildman–Crippen LogP) is 5.91. The number of amides is 2. The van der Waals surface area contributed by atoms with Crippen molar-refractivity contribution in [2.75, 3.05) is 37.8 Å². The number of hydrogen-bond acceptors (Lipinski definition) is 7. The summed E-state index contributed by atoms with van der Waals surface area (Å²) in [5, 5.41) is 10.6. The van der Waals surface area contributed by atoms with Crippen molar-refractivity contribution in [3.63, 3.8) is 0 Å². The smallest absolute Gasteiger partial charge is 0.272 e. The number of para-hydroxylation sites is 1. The number of nitrogen functional groups attached to an aromatic ring is 1. The maximum atomic E-state index is 13.2. The van der Waals surface area contributed by atoms with Crippen molar-refractivity contribution < 1.29 is 14.3 Å². The first-order valence-electron chi connectivity index (χ1n) is 14.7. The fraction of sp³-hybridized carbons (Fsp3) is 0.265. The fourth-order valence-electron chi connectivity index (χ4n) is 5.89. The maximum Gasteiger partial charge on any atom is 0.272 e. The van der Waals surface area contributed by atoms with Crippen molar-refractivity contribution in [1.29, 1.82) is 0 Å². The molecule has 4 N–H and O–H groups in total. The fourth-order valence-corrected chi connectivity index (χ4v) is 6.97. The van der Waals surface area contributed by atoms with Crippen molar-refractivity contribution in [1.82, 2.24) is 19.8 Å². The highest BCUT2D eigenvalue weighted by molar-refractivity contribution is 7.18. The van der Waals surface area contributed by atoms with Crippen molar-refractivity contribution >= 4 is 61.7 Å². The van der Waals surface area contributed by atoms with Crippen LogP contribution in [-0.4, -0.2) is 59.1 Å². The van der Waals surface area contributed by atoms with E-state index < -0.39 is 0 Å². The average Bonchev–Trinajstić information content (AvgIpc) is 3.63. The number of anilines is 2. The largest absolute Gasteiger partial charge is 0.495 e. The quantitative estimate of drug-likeness (QED) is 0.202. The minimum absolute atomic E-state index is 0.150. The van der Waals surface area contributed by atoms with E-state index in [0.717, 1.165) is 70.2 Å². The second-order valence-corrected chi connectivity index (χ2v) is 11.9. The Hall–Kier alpha value is -4.67. The van der Waals surface area contributed by atoms with Crippen LogP contribution < -0.4 is 21.1 Å². The van der Waals surface area contributed by atoms with Crippen LogP contribution in [0.25, 0.3) is 38.2 Å². The number of piperidine rings is 1. The van der Waals surface area contributed by atoms with Crippen LogP contribution >= 0.6 is 11.3 Å². The van der Waals surface area contributed by atoms with Crippen LogP contribution in [0.1, 0.15) is 35.8 Å². The van der Waals surface area contributed by atoms with Gasteiger partial charge in [-0.25, -0.2) is 4.98 Å². The van der Waals surface area contributed by atoms with Crippen LogP contribution in [0.3, 0.4) is 0 Å². The molecule has 0 spiro atoms. The number of nitrogens with one attached hydrogen (secondary N) is 2. The third-order valence-corrected chi connectivity index (χ3v) is 9.39. The number of carbonyl (C=O) groups is 2. The summed E-state index contributed by atoms with van der Waals surface area (Å²) in [5.41, 5.74) is 11.4. The van der Waals surface area contributed by atoms with Crippen molar-refractivity contribution in [2.45, 2.75) is 25.8 Å². The predicted molar refractivity (Wildman–Crippen MR) is 179 cm³/mol. The highest BCUT2D eigenvalue weighted by Crippen LogP contribution is 2.41. The molecular formula is C34H36N6O3S. The van der Waals surface area contributed by atoms with Crippen LogP contribution in [0.4, 0.5) is 11.5 Å². The molecule has 4 heterocycles. The molecule has 1 saturated heterocycles. The lowest BCUT2D eigenvalue weighted by Gasteiger charge is -2.31. The lowest BCUT2D eigenvalue weighted by Crippen LogP contribution is -2.44. The minimum atomic E-state index is -0.211. The summed E-state index contributed by atoms with van der Waals surface area (Å²) in [6.45, 7) is 3.98. The first kappa shape index (κ1) is 29.4. The number of benzene rings is 2. The Balaban J connectivity index is 1.19. The van der Waals surface area contributed by atoms with Gasteiger partial charge in [-0.15, -0.1) is 11.3 Å². The molecule has 2 aromatic carbocycles. The number of hydrogen-bond donors (Lipinski definition) is 3. The number of methoxy groups -OCH3 is 1. The monoisotopic (exact) mass is 608 g/mol. The number of nitrogens with zero attached hydrogens (tertiary/aromatic N) is 3. The number of ether oxygens (including phenoxy) is 1. The average molecular weight is 609 g/mol. The summed E-state index contributed by atoms with van der Waals surface area (Å²) in [7, 11) is 3.48. The first-order chi connectivity index (χ1) is 21.3. The Bertz CT molecular complexity index is 1880. The van der Waals surface area contributed by atoms with E-state index in [2.05, 4.69) is 33.1 Å². The molecule has 1 aliphatic heterocycles. The van der Waals surface area contributed by atoms with Gasteiger partial charge in [0.1, 0.15) is 17.3 Å². The van der Waals surface area contributed by atoms with Gasteiger partial charge in [0.15, 0.2) is 0 Å². The van der Waals surface area contributed by atoms with E-state index in [1.807, 2.05) is 71.2 Å². The van der Waals surface area contributed by atoms with Gasteiger partial charge in [0, 0.05) is 78.0 Å². The van der Waals surface area contributed by atoms with Crippen LogP contribution in [-0.2, 0) is 11.8 Å². The van der Waals surface area contributed by atoms with Gasteiger partial charge in [-0.3, -0.25) is 9.59 Å². The summed E-state index contributed by atoms with van der Waals surface area (Å²) < 4.78 is 8.66. The molecule has 0 aliphatic carbocycles. The molecule has 44 heavy (non-hydrogen) atoms. The van der Waals surface area contributed by atoms with Crippen LogP contribution in [0, 0.1) is 0 Å². The lowest BCUT2D eigenvalue weighted by molar-refractivity contribution is -0.129. The van der Waals surface area contributed by atoms with Gasteiger partial charge in [-0.2, -0.15) is 0 Å². The summed E-state index contributed by atoms with van der Waals surface area (Å²) in [6.07, 6.45) is 7.93. The highest BCUT2D eigenvalue weighted by Gasteiger charge is 2.20. The van der Waals surface area contributed by atoms with Crippen molar-refractivity contribution in [2.24, 2.45) is 7.05 Å². The lowest BCUT2D eigenvalue weighted by atomic mass is 10.0. The summed E-state index contributed by atoms with van der Waals surface area (Å²) in [4.78, 5) is 31.2. The second-order valence-electron chi connectivity index (χ2n) is 11.1. The Morgan fingerprint density at radius 3 is 2.70 bits per heavy atom. The number of thiophene rings is 1. The Labute approximate surface area is 260 Å². The van der Waals surface area contributed by atoms with E-state index in [4.69, 9.17) is 10.5 Å². The molecule has 9 nitrogen and oxygen atoms in total. The summed E-state index contributed by atoms with van der Waals surface area (Å²) in [6, 6.07) is 15.9. The number of likely N-dealkylation sites (tertiary alicyclic amines) is 1. The number of carbonyl (C=O) groups excluding carboxylic acids is 2. The van der Waals surface area contributed by atoms with Crippen molar-refractivity contribution in [3.8, 4) is 16.9 Å². The number of fused-ring (bicyclic) bond motifs is 2. The van der Waals surface area contributed by atoms with Crippen LogP contribution in [0.5, 0.6) is 5.75 Å². The van der Waals surface area contributed by atoms with Gasteiger partial charge in [-0.05, 0) is 48.1 Å². The molecule has 0 bridgehead atoms. The molecule has 0 saturated carbocycles. The van der Waals surface area contributed by atoms with Gasteiger partial charge in [0.2, 0.25) is 5.91 Å². The van der Waals surface area contributed by atoms with Crippen molar-refractivity contribution in [3.05, 3.63) is 77.4 Å². The molecule has 2 amide bonds. The standard InChI is InChI=1S/C34H36N6O3S/c1-21(41)40-15-12-25(13-16-40)36-14-6-8-24-19-37-33(35)31-26(20-44-32(24)31)22-10-11-27(30(18-22)43-3)38-34(42)29-17-23-7-4-5-9-28(23)39(29)2/h4-11,17-20,25,36H,12-16H2,1-3H3,(H2,35,37)(H,38,42). The number of aromatic nitrogens is 2. The summed E-state index contributed by atoms with van der Waals surface area (Å²) >= 11 is 1.63. The van der Waals surface area contributed by atoms with E-state index in [1.165, 1.54) is 0 Å². The molecule has 5 aromatic rings. The number of nitrogens with two attached hydrogens (primary N) is 1. The number of pyridine rings is 1. The third-order valence-electron chi connectivity index (χ3n) is 8.36. The van der Waals surface area contributed by atoms with Gasteiger partial charge < -0.3 is 30.6 Å². The zero-order valence-corrected chi connectivity index (χ0v) is 25.9. The van der Waals surface area contributed by atoms with E-state index in [9.17, 15) is 9.59 Å². The molecule has 0 radical (unpaired) electrons. The topological polar surface area (TPSA) is 115 Å². The molecule has 0 atom stereocenters. The zero-order chi connectivity index (χ0) is 30.8. The molecule has 3 aromatic heterocycles. The molecule has 1 fully saturated rings. The van der Waals surface area contributed by atoms with Crippen LogP contribution in [0.2, 0.25) is 0 Å². The second kappa shape index (κ2) is 12.5. The molecule has 6 rings (SSSR count). The van der Waals surface area contributed by atoms with Gasteiger partial charge >= 0.3 is 0 Å². The van der Waals surface area contributed by atoms with E-state index in [1.54, 1.807) is 25.4 Å². The van der Waals surface area contributed by atoms with Gasteiger partial charge in [0.05, 0.1) is 12.8 Å². The minimum Gasteiger partial charge on any atom is -0.495 e. The normalized spacial score (nSPS) is 14.1. The van der Waals surface area contributed by atoms with Gasteiger partial charge in [0.25, 0.3) is 5.91 Å². The zero-order valence-electron chi connectivity index (χ0n) is 25.1. The molecule has 1 aliphatic rings. The Kier molecular flexibility index (Phi) is 8.36. The summed E-state index contributed by atoms with van der Waals surface area (Å²) in [5.74, 6) is 0.959. The van der Waals surface area contributed by atoms with E-state index >= 15 is 0 Å². The van der Waals surface area contributed by atoms with Gasteiger partial charge in [-0.1, -0.05) is 36.4 Å². The molecule has 226 valence electrons. The maximum absolute atomic E-state index is 13.2. The number of aryl methyl sites for hydroxylation is 1. The molecule has 0 unspecified atom stereocenters. The highest BCUT2D eigenvalue weighted by atomic mass is 32.1. The first-order valence-corrected chi connectivity index (χ1v) is 15.6. The Morgan fingerprint density at radius 1 is 1.16 bits per heavy atom. The number of rotatable bonds is 8. The van der Waals surface area contributed by atoms with E-state index in [0.29, 0.717) is 29.0 Å². The van der Waals surface area contributed by atoms with E-state index in [-0.39, 0.29) is 11.8 Å². The SMILES string of the molecule is COc1cc(-c2csc3c(C=CCNC4CCN(C(C)=O)CC4)cnc(N)c23)ccc1NC(=O)c1cc2ccccc2n1C. The Morgan fingerprint density at radius 2 is 1.95 bits per heavy atom. The van der Waals surface area contributed by atoms with Crippen LogP contribution in [0.15, 0.2) is 66.2 Å². The molecule has 10 heteroatoms.